The van der Waals surface area contributed by atoms with Crippen LogP contribution in [-0.4, -0.2) is 35.0 Å². The van der Waals surface area contributed by atoms with Crippen molar-refractivity contribution in [3.63, 3.8) is 0 Å². The van der Waals surface area contributed by atoms with Crippen LogP contribution in [0.3, 0.4) is 0 Å². The zero-order valence-electron chi connectivity index (χ0n) is 12.5. The molecular weight excluding hydrogens is 242 g/mol. The first-order valence-electron chi connectivity index (χ1n) is 6.68. The monoisotopic (exact) mass is 267 g/mol. The molecule has 1 heterocycles. The van der Waals surface area contributed by atoms with Crippen molar-refractivity contribution < 1.29 is 14.6 Å². The minimum Gasteiger partial charge on any atom is -0.491 e. The summed E-state index contributed by atoms with van der Waals surface area (Å²) in [6.45, 7) is 10.5. The van der Waals surface area contributed by atoms with Gasteiger partial charge in [0, 0.05) is 18.0 Å². The smallest absolute Gasteiger partial charge is 0.122 e. The molecule has 1 rings (SSSR count). The zero-order chi connectivity index (χ0) is 14.5. The summed E-state index contributed by atoms with van der Waals surface area (Å²) in [4.78, 5) is 4.27. The molecule has 1 aromatic rings. The first-order chi connectivity index (χ1) is 8.78. The normalized spacial score (nSPS) is 13.6. The van der Waals surface area contributed by atoms with E-state index in [1.54, 1.807) is 12.3 Å². The minimum absolute atomic E-state index is 0.220. The molecule has 1 aromatic heterocycles. The van der Waals surface area contributed by atoms with Crippen molar-refractivity contribution in [1.29, 1.82) is 0 Å². The molecule has 4 heteroatoms. The van der Waals surface area contributed by atoms with E-state index in [4.69, 9.17) is 9.47 Å². The Labute approximate surface area is 115 Å². The second kappa shape index (κ2) is 6.87. The van der Waals surface area contributed by atoms with Crippen molar-refractivity contribution in [2.24, 2.45) is 0 Å². The number of aromatic nitrogens is 1. The second-order valence-electron chi connectivity index (χ2n) is 5.96. The molecule has 0 bridgehead atoms. The fraction of sp³-hybridized carbons (Fsp3) is 0.667. The van der Waals surface area contributed by atoms with Crippen molar-refractivity contribution in [1.82, 2.24) is 4.98 Å². The van der Waals surface area contributed by atoms with E-state index in [9.17, 15) is 5.11 Å². The molecule has 4 nitrogen and oxygen atoms in total. The third-order valence-corrected chi connectivity index (χ3v) is 2.50. The lowest BCUT2D eigenvalue weighted by molar-refractivity contribution is -0.0586. The molecule has 0 spiro atoms. The predicted molar refractivity (Wildman–Crippen MR) is 75.5 cm³/mol. The Bertz CT molecular complexity index is 385. The van der Waals surface area contributed by atoms with E-state index in [1.807, 2.05) is 26.8 Å². The minimum atomic E-state index is -0.630. The molecule has 19 heavy (non-hydrogen) atoms. The molecule has 1 N–H and O–H groups in total. The molecule has 0 aliphatic rings. The molecule has 1 unspecified atom stereocenters. The molecule has 0 aliphatic heterocycles. The van der Waals surface area contributed by atoms with Gasteiger partial charge in [-0.15, -0.1) is 0 Å². The Morgan fingerprint density at radius 1 is 1.26 bits per heavy atom. The van der Waals surface area contributed by atoms with E-state index in [0.29, 0.717) is 5.92 Å². The molecule has 0 radical (unpaired) electrons. The Balaban J connectivity index is 2.41. The summed E-state index contributed by atoms with van der Waals surface area (Å²) in [7, 11) is 0. The van der Waals surface area contributed by atoms with Crippen LogP contribution in [0.25, 0.3) is 0 Å². The van der Waals surface area contributed by atoms with Crippen molar-refractivity contribution in [3.8, 4) is 5.75 Å². The zero-order valence-corrected chi connectivity index (χ0v) is 12.5. The third kappa shape index (κ3) is 6.55. The van der Waals surface area contributed by atoms with Crippen LogP contribution in [0.4, 0.5) is 0 Å². The largest absolute Gasteiger partial charge is 0.491 e. The van der Waals surface area contributed by atoms with Gasteiger partial charge in [0.05, 0.1) is 12.2 Å². The number of hydrogen-bond acceptors (Lipinski definition) is 4. The molecule has 0 saturated heterocycles. The van der Waals surface area contributed by atoms with Crippen LogP contribution in [-0.2, 0) is 4.74 Å². The Morgan fingerprint density at radius 2 is 1.95 bits per heavy atom. The van der Waals surface area contributed by atoms with Gasteiger partial charge in [-0.1, -0.05) is 13.8 Å². The number of aliphatic hydroxyl groups excluding tert-OH is 1. The summed E-state index contributed by atoms with van der Waals surface area (Å²) in [6, 6.07) is 3.70. The van der Waals surface area contributed by atoms with Crippen LogP contribution < -0.4 is 4.74 Å². The van der Waals surface area contributed by atoms with Gasteiger partial charge in [0.15, 0.2) is 0 Å². The Kier molecular flexibility index (Phi) is 5.76. The maximum absolute atomic E-state index is 9.79. The summed E-state index contributed by atoms with van der Waals surface area (Å²) in [6.07, 6.45) is 1.10. The Hall–Kier alpha value is -1.13. The van der Waals surface area contributed by atoms with Crippen molar-refractivity contribution >= 4 is 0 Å². The van der Waals surface area contributed by atoms with Crippen molar-refractivity contribution in [2.45, 2.75) is 52.2 Å². The summed E-state index contributed by atoms with van der Waals surface area (Å²) >= 11 is 0. The lowest BCUT2D eigenvalue weighted by atomic mass is 10.1. The average Bonchev–Trinajstić information content (AvgIpc) is 2.33. The number of aliphatic hydroxyl groups is 1. The Morgan fingerprint density at radius 3 is 2.53 bits per heavy atom. The number of nitrogens with zero attached hydrogens (tertiary/aromatic N) is 1. The predicted octanol–water partition coefficient (Wildman–Crippen LogP) is 2.76. The van der Waals surface area contributed by atoms with Gasteiger partial charge in [-0.25, -0.2) is 0 Å². The molecule has 0 amide bonds. The van der Waals surface area contributed by atoms with E-state index < -0.39 is 6.10 Å². The van der Waals surface area contributed by atoms with Crippen LogP contribution >= 0.6 is 0 Å². The van der Waals surface area contributed by atoms with Gasteiger partial charge in [0.2, 0.25) is 0 Å². The van der Waals surface area contributed by atoms with Gasteiger partial charge in [-0.05, 0) is 32.8 Å². The highest BCUT2D eigenvalue weighted by Crippen LogP contribution is 2.17. The maximum Gasteiger partial charge on any atom is 0.122 e. The number of hydrogen-bond donors (Lipinski definition) is 1. The van der Waals surface area contributed by atoms with Gasteiger partial charge in [0.25, 0.3) is 0 Å². The number of ether oxygens (including phenoxy) is 2. The lowest BCUT2D eigenvalue weighted by Gasteiger charge is -2.22. The van der Waals surface area contributed by atoms with Crippen LogP contribution in [0, 0.1) is 0 Å². The number of rotatable bonds is 6. The highest BCUT2D eigenvalue weighted by molar-refractivity contribution is 5.24. The van der Waals surface area contributed by atoms with Crippen molar-refractivity contribution in [3.05, 3.63) is 24.0 Å². The SMILES string of the molecule is CC(C)c1cc(OCC(O)COC(C)(C)C)ccn1. The van der Waals surface area contributed by atoms with Gasteiger partial charge in [-0.3, -0.25) is 4.98 Å². The molecule has 1 atom stereocenters. The second-order valence-corrected chi connectivity index (χ2v) is 5.96. The van der Waals surface area contributed by atoms with E-state index in [1.165, 1.54) is 0 Å². The van der Waals surface area contributed by atoms with Crippen LogP contribution in [0.15, 0.2) is 18.3 Å². The van der Waals surface area contributed by atoms with Gasteiger partial charge >= 0.3 is 0 Å². The molecule has 0 aliphatic carbocycles. The molecule has 108 valence electrons. The fourth-order valence-corrected chi connectivity index (χ4v) is 1.42. The quantitative estimate of drug-likeness (QED) is 0.861. The summed E-state index contributed by atoms with van der Waals surface area (Å²) in [5.74, 6) is 1.09. The van der Waals surface area contributed by atoms with E-state index in [2.05, 4.69) is 18.8 Å². The van der Waals surface area contributed by atoms with E-state index in [-0.39, 0.29) is 18.8 Å². The van der Waals surface area contributed by atoms with Gasteiger partial charge in [-0.2, -0.15) is 0 Å². The number of pyridine rings is 1. The van der Waals surface area contributed by atoms with E-state index >= 15 is 0 Å². The fourth-order valence-electron chi connectivity index (χ4n) is 1.42. The molecule has 0 saturated carbocycles. The van der Waals surface area contributed by atoms with Gasteiger partial charge < -0.3 is 14.6 Å². The lowest BCUT2D eigenvalue weighted by Crippen LogP contribution is -2.29. The highest BCUT2D eigenvalue weighted by atomic mass is 16.5. The first kappa shape index (κ1) is 15.9. The molecule has 0 aromatic carbocycles. The topological polar surface area (TPSA) is 51.6 Å². The summed E-state index contributed by atoms with van der Waals surface area (Å²) in [5.41, 5.74) is 0.737. The highest BCUT2D eigenvalue weighted by Gasteiger charge is 2.14. The van der Waals surface area contributed by atoms with Crippen molar-refractivity contribution in [2.75, 3.05) is 13.2 Å². The van der Waals surface area contributed by atoms with Crippen LogP contribution in [0.5, 0.6) is 5.75 Å². The summed E-state index contributed by atoms with van der Waals surface area (Å²) in [5, 5.41) is 9.79. The molecule has 0 fully saturated rings. The average molecular weight is 267 g/mol. The first-order valence-corrected chi connectivity index (χ1v) is 6.68. The molecular formula is C15H25NO3. The van der Waals surface area contributed by atoms with E-state index in [0.717, 1.165) is 11.4 Å². The van der Waals surface area contributed by atoms with Gasteiger partial charge in [0.1, 0.15) is 18.5 Å². The summed E-state index contributed by atoms with van der Waals surface area (Å²) < 4.78 is 11.1. The standard InChI is InChI=1S/C15H25NO3/c1-11(2)14-8-13(6-7-16-14)18-9-12(17)10-19-15(3,4)5/h6-8,11-12,17H,9-10H2,1-5H3. The van der Waals surface area contributed by atoms with Crippen LogP contribution in [0.2, 0.25) is 0 Å². The third-order valence-electron chi connectivity index (χ3n) is 2.50. The maximum atomic E-state index is 9.79. The van der Waals surface area contributed by atoms with Crippen LogP contribution in [0.1, 0.15) is 46.2 Å².